The van der Waals surface area contributed by atoms with E-state index in [9.17, 15) is 15.0 Å². The van der Waals surface area contributed by atoms with Gasteiger partial charge in [-0.1, -0.05) is 37.6 Å². The molecule has 0 saturated carbocycles. The minimum atomic E-state index is -0.853. The first-order valence-corrected chi connectivity index (χ1v) is 7.65. The normalized spacial score (nSPS) is 13.0. The number of carbonyl (C=O) groups excluding carboxylic acids is 1. The highest BCUT2D eigenvalue weighted by atomic mass is 35.5. The Balaban J connectivity index is 2.51. The second-order valence-electron chi connectivity index (χ2n) is 5.41. The molecule has 1 rings (SSSR count). The summed E-state index contributed by atoms with van der Waals surface area (Å²) in [6.07, 6.45) is 0.727. The van der Waals surface area contributed by atoms with Gasteiger partial charge in [-0.25, -0.2) is 0 Å². The van der Waals surface area contributed by atoms with E-state index in [4.69, 9.17) is 11.6 Å². The van der Waals surface area contributed by atoms with E-state index < -0.39 is 6.10 Å². The van der Waals surface area contributed by atoms with Crippen LogP contribution in [0.15, 0.2) is 24.3 Å². The van der Waals surface area contributed by atoms with Crippen LogP contribution in [-0.2, 0) is 4.79 Å². The molecule has 1 aromatic carbocycles. The quantitative estimate of drug-likeness (QED) is 0.691. The van der Waals surface area contributed by atoms with Crippen molar-refractivity contribution in [3.05, 3.63) is 34.9 Å². The van der Waals surface area contributed by atoms with E-state index in [1.165, 1.54) is 0 Å². The van der Waals surface area contributed by atoms with Crippen LogP contribution < -0.4 is 5.32 Å². The molecule has 3 N–H and O–H groups in total. The van der Waals surface area contributed by atoms with Gasteiger partial charge in [-0.2, -0.15) is 0 Å². The molecule has 0 aliphatic carbocycles. The zero-order valence-corrected chi connectivity index (χ0v) is 13.4. The van der Waals surface area contributed by atoms with Gasteiger partial charge in [0.25, 0.3) is 0 Å². The summed E-state index contributed by atoms with van der Waals surface area (Å²) in [4.78, 5) is 11.9. The Hall–Kier alpha value is -1.10. The topological polar surface area (TPSA) is 69.6 Å². The van der Waals surface area contributed by atoms with E-state index in [2.05, 4.69) is 5.32 Å². The molecule has 0 saturated heterocycles. The van der Waals surface area contributed by atoms with Crippen molar-refractivity contribution in [3.8, 4) is 0 Å². The molecule has 0 aliphatic heterocycles. The van der Waals surface area contributed by atoms with Gasteiger partial charge in [0.15, 0.2) is 0 Å². The van der Waals surface area contributed by atoms with E-state index >= 15 is 0 Å². The highest BCUT2D eigenvalue weighted by molar-refractivity contribution is 6.30. The summed E-state index contributed by atoms with van der Waals surface area (Å²) in [6, 6.07) is 6.78. The van der Waals surface area contributed by atoms with Gasteiger partial charge in [0.2, 0.25) is 5.91 Å². The highest BCUT2D eigenvalue weighted by Gasteiger charge is 2.26. The first-order valence-electron chi connectivity index (χ1n) is 7.27. The Labute approximate surface area is 131 Å². The third kappa shape index (κ3) is 5.30. The summed E-state index contributed by atoms with van der Waals surface area (Å²) in [7, 11) is 0. The van der Waals surface area contributed by atoms with Crippen LogP contribution >= 0.6 is 11.6 Å². The Kier molecular flexibility index (Phi) is 7.15. The molecule has 1 amide bonds. The monoisotopic (exact) mass is 313 g/mol. The van der Waals surface area contributed by atoms with Crippen molar-refractivity contribution < 1.29 is 15.0 Å². The number of nitrogens with one attached hydrogen (secondary N) is 1. The van der Waals surface area contributed by atoms with Crippen LogP contribution in [0.2, 0.25) is 5.02 Å². The van der Waals surface area contributed by atoms with Gasteiger partial charge in [-0.15, -0.1) is 0 Å². The maximum absolute atomic E-state index is 11.9. The standard InChI is InChI=1S/C16H24ClNO3/c1-3-16(4-2,11-19)10-18-15(21)9-14(20)12-5-7-13(17)8-6-12/h5-8,14,19-20H,3-4,9-11H2,1-2H3,(H,18,21). The Morgan fingerprint density at radius 3 is 2.33 bits per heavy atom. The molecule has 21 heavy (non-hydrogen) atoms. The second-order valence-corrected chi connectivity index (χ2v) is 5.85. The number of rotatable bonds is 8. The third-order valence-electron chi connectivity index (χ3n) is 4.13. The van der Waals surface area contributed by atoms with Gasteiger partial charge in [-0.05, 0) is 30.5 Å². The molecule has 0 aliphatic rings. The minimum absolute atomic E-state index is 0.00340. The van der Waals surface area contributed by atoms with Crippen molar-refractivity contribution in [2.45, 2.75) is 39.2 Å². The van der Waals surface area contributed by atoms with Gasteiger partial charge in [0.1, 0.15) is 0 Å². The fourth-order valence-corrected chi connectivity index (χ4v) is 2.24. The maximum Gasteiger partial charge on any atom is 0.222 e. The summed E-state index contributed by atoms with van der Waals surface area (Å²) >= 11 is 5.79. The molecular weight excluding hydrogens is 290 g/mol. The van der Waals surface area contributed by atoms with Crippen LogP contribution in [0, 0.1) is 5.41 Å². The van der Waals surface area contributed by atoms with E-state index in [-0.39, 0.29) is 24.3 Å². The van der Waals surface area contributed by atoms with Gasteiger partial charge in [0, 0.05) is 17.0 Å². The predicted octanol–water partition coefficient (Wildman–Crippen LogP) is 2.68. The largest absolute Gasteiger partial charge is 0.396 e. The van der Waals surface area contributed by atoms with Crippen LogP contribution in [0.4, 0.5) is 0 Å². The lowest BCUT2D eigenvalue weighted by Crippen LogP contribution is -2.39. The first-order chi connectivity index (χ1) is 9.96. The fraction of sp³-hybridized carbons (Fsp3) is 0.562. The summed E-state index contributed by atoms with van der Waals surface area (Å²) in [6.45, 7) is 4.45. The third-order valence-corrected chi connectivity index (χ3v) is 4.38. The second kappa shape index (κ2) is 8.37. The van der Waals surface area contributed by atoms with E-state index in [0.29, 0.717) is 17.1 Å². The molecule has 0 spiro atoms. The van der Waals surface area contributed by atoms with Crippen molar-refractivity contribution in [1.82, 2.24) is 5.32 Å². The van der Waals surface area contributed by atoms with Crippen LogP contribution in [0.1, 0.15) is 44.8 Å². The molecule has 1 atom stereocenters. The van der Waals surface area contributed by atoms with E-state index in [1.807, 2.05) is 13.8 Å². The average Bonchev–Trinajstić information content (AvgIpc) is 2.50. The maximum atomic E-state index is 11.9. The lowest BCUT2D eigenvalue weighted by Gasteiger charge is -2.29. The molecule has 1 aromatic rings. The summed E-state index contributed by atoms with van der Waals surface area (Å²) < 4.78 is 0. The summed E-state index contributed by atoms with van der Waals surface area (Å²) in [5.74, 6) is -0.225. The molecule has 0 heterocycles. The van der Waals surface area contributed by atoms with Crippen LogP contribution in [0.3, 0.4) is 0 Å². The summed E-state index contributed by atoms with van der Waals surface area (Å²) in [5, 5.41) is 22.9. The molecule has 0 bridgehead atoms. The highest BCUT2D eigenvalue weighted by Crippen LogP contribution is 2.25. The van der Waals surface area contributed by atoms with Crippen molar-refractivity contribution in [1.29, 1.82) is 0 Å². The molecule has 118 valence electrons. The van der Waals surface area contributed by atoms with Crippen molar-refractivity contribution in [2.24, 2.45) is 5.41 Å². The molecular formula is C16H24ClNO3. The number of hydrogen-bond donors (Lipinski definition) is 3. The lowest BCUT2D eigenvalue weighted by molar-refractivity contribution is -0.123. The SMILES string of the molecule is CCC(CC)(CO)CNC(=O)CC(O)c1ccc(Cl)cc1. The molecule has 5 heteroatoms. The number of amides is 1. The Morgan fingerprint density at radius 1 is 1.29 bits per heavy atom. The van der Waals surface area contributed by atoms with Gasteiger partial charge in [-0.3, -0.25) is 4.79 Å². The molecule has 1 unspecified atom stereocenters. The van der Waals surface area contributed by atoms with Crippen molar-refractivity contribution in [2.75, 3.05) is 13.2 Å². The average molecular weight is 314 g/mol. The first kappa shape index (κ1) is 18.0. The van der Waals surface area contributed by atoms with Crippen molar-refractivity contribution in [3.63, 3.8) is 0 Å². The van der Waals surface area contributed by atoms with Gasteiger partial charge >= 0.3 is 0 Å². The smallest absolute Gasteiger partial charge is 0.222 e. The number of hydrogen-bond acceptors (Lipinski definition) is 3. The fourth-order valence-electron chi connectivity index (χ4n) is 2.12. The number of halogens is 1. The van der Waals surface area contributed by atoms with Crippen LogP contribution in [0.5, 0.6) is 0 Å². The number of carbonyl (C=O) groups is 1. The predicted molar refractivity (Wildman–Crippen MR) is 84.1 cm³/mol. The van der Waals surface area contributed by atoms with E-state index in [1.54, 1.807) is 24.3 Å². The lowest BCUT2D eigenvalue weighted by atomic mass is 9.83. The minimum Gasteiger partial charge on any atom is -0.396 e. The number of aliphatic hydroxyl groups excluding tert-OH is 2. The Bertz CT molecular complexity index is 435. The molecule has 4 nitrogen and oxygen atoms in total. The van der Waals surface area contributed by atoms with E-state index in [0.717, 1.165) is 12.8 Å². The van der Waals surface area contributed by atoms with Crippen molar-refractivity contribution >= 4 is 17.5 Å². The molecule has 0 fully saturated rings. The summed E-state index contributed by atoms with van der Waals surface area (Å²) in [5.41, 5.74) is 0.384. The number of aliphatic hydroxyl groups is 2. The van der Waals surface area contributed by atoms with Gasteiger partial charge in [0.05, 0.1) is 19.1 Å². The number of benzene rings is 1. The molecule has 0 aromatic heterocycles. The zero-order valence-electron chi connectivity index (χ0n) is 12.6. The van der Waals surface area contributed by atoms with Gasteiger partial charge < -0.3 is 15.5 Å². The zero-order chi connectivity index (χ0) is 15.9. The Morgan fingerprint density at radius 2 is 1.86 bits per heavy atom. The van der Waals surface area contributed by atoms with Crippen LogP contribution in [0.25, 0.3) is 0 Å². The van der Waals surface area contributed by atoms with Crippen LogP contribution in [-0.4, -0.2) is 29.3 Å². The molecule has 0 radical (unpaired) electrons.